The Morgan fingerprint density at radius 2 is 2.06 bits per heavy atom. The molecule has 18 heavy (non-hydrogen) atoms. The number of halogens is 1. The van der Waals surface area contributed by atoms with Gasteiger partial charge in [-0.1, -0.05) is 0 Å². The van der Waals surface area contributed by atoms with Crippen molar-refractivity contribution in [2.75, 3.05) is 4.72 Å². The molecule has 7 heteroatoms. The fraction of sp³-hybridized carbons (Fsp3) is 0.0909. The van der Waals surface area contributed by atoms with Gasteiger partial charge in [0.05, 0.1) is 0 Å². The number of aryl methyl sites for hydroxylation is 1. The summed E-state index contributed by atoms with van der Waals surface area (Å²) in [5.74, 6) is 0.287. The monoisotopic (exact) mass is 327 g/mol. The molecule has 0 aliphatic rings. The molecule has 0 aromatic carbocycles. The van der Waals surface area contributed by atoms with Crippen LogP contribution in [0.3, 0.4) is 0 Å². The molecule has 2 heterocycles. The zero-order chi connectivity index (χ0) is 13.2. The molecule has 5 nitrogen and oxygen atoms in total. The Balaban J connectivity index is 2.33. The molecule has 0 bridgehead atoms. The summed E-state index contributed by atoms with van der Waals surface area (Å²) < 4.78 is 27.1. The number of hydrogen-bond acceptors (Lipinski definition) is 4. The van der Waals surface area contributed by atoms with Crippen molar-refractivity contribution in [2.24, 2.45) is 0 Å². The Morgan fingerprint density at radius 1 is 1.28 bits per heavy atom. The average Bonchev–Trinajstić information content (AvgIpc) is 2.28. The molecule has 0 atom stereocenters. The number of nitrogens with one attached hydrogen (secondary N) is 1. The van der Waals surface area contributed by atoms with Gasteiger partial charge in [0.1, 0.15) is 10.7 Å². The average molecular weight is 328 g/mol. The predicted molar refractivity (Wildman–Crippen MR) is 71.7 cm³/mol. The molecule has 0 aliphatic heterocycles. The SMILES string of the molecule is Cc1ccnc(NS(=O)(=O)c2cncc(Br)c2)c1. The van der Waals surface area contributed by atoms with Crippen LogP contribution in [-0.4, -0.2) is 18.4 Å². The van der Waals surface area contributed by atoms with Crippen LogP contribution in [0.2, 0.25) is 0 Å². The van der Waals surface area contributed by atoms with Crippen LogP contribution in [-0.2, 0) is 10.0 Å². The molecule has 1 N–H and O–H groups in total. The molecule has 0 fully saturated rings. The van der Waals surface area contributed by atoms with E-state index in [0.29, 0.717) is 4.47 Å². The third kappa shape index (κ3) is 3.05. The van der Waals surface area contributed by atoms with Crippen molar-refractivity contribution in [1.29, 1.82) is 0 Å². The van der Waals surface area contributed by atoms with E-state index in [1.165, 1.54) is 18.5 Å². The van der Waals surface area contributed by atoms with Crippen molar-refractivity contribution in [3.63, 3.8) is 0 Å². The first-order valence-electron chi connectivity index (χ1n) is 5.03. The van der Waals surface area contributed by atoms with E-state index < -0.39 is 10.0 Å². The summed E-state index contributed by atoms with van der Waals surface area (Å²) in [6.07, 6.45) is 4.35. The van der Waals surface area contributed by atoms with Crippen molar-refractivity contribution in [2.45, 2.75) is 11.8 Å². The number of aromatic nitrogens is 2. The minimum absolute atomic E-state index is 0.0835. The van der Waals surface area contributed by atoms with Crippen LogP contribution in [0.1, 0.15) is 5.56 Å². The first kappa shape index (κ1) is 13.0. The van der Waals surface area contributed by atoms with E-state index in [2.05, 4.69) is 30.6 Å². The highest BCUT2D eigenvalue weighted by Gasteiger charge is 2.15. The van der Waals surface area contributed by atoms with Gasteiger partial charge in [0, 0.05) is 23.1 Å². The Morgan fingerprint density at radius 3 is 2.72 bits per heavy atom. The van der Waals surface area contributed by atoms with Gasteiger partial charge in [-0.25, -0.2) is 13.4 Å². The molecule has 0 aliphatic carbocycles. The van der Waals surface area contributed by atoms with E-state index in [0.717, 1.165) is 5.56 Å². The number of sulfonamides is 1. The number of hydrogen-bond donors (Lipinski definition) is 1. The summed E-state index contributed by atoms with van der Waals surface area (Å²) in [7, 11) is -3.66. The normalized spacial score (nSPS) is 11.2. The van der Waals surface area contributed by atoms with Gasteiger partial charge in [-0.15, -0.1) is 0 Å². The third-order valence-electron chi connectivity index (χ3n) is 2.14. The molecule has 0 radical (unpaired) electrons. The van der Waals surface area contributed by atoms with Crippen molar-refractivity contribution in [3.8, 4) is 0 Å². The van der Waals surface area contributed by atoms with Gasteiger partial charge < -0.3 is 0 Å². The topological polar surface area (TPSA) is 72.0 Å². The molecular formula is C11H10BrN3O2S. The summed E-state index contributed by atoms with van der Waals surface area (Å²) in [6.45, 7) is 1.86. The summed E-state index contributed by atoms with van der Waals surface area (Å²) in [5.41, 5.74) is 0.926. The molecular weight excluding hydrogens is 318 g/mol. The highest BCUT2D eigenvalue weighted by atomic mass is 79.9. The molecule has 2 aromatic rings. The lowest BCUT2D eigenvalue weighted by Gasteiger charge is -2.07. The molecule has 2 rings (SSSR count). The van der Waals surface area contributed by atoms with E-state index in [9.17, 15) is 8.42 Å². The van der Waals surface area contributed by atoms with Crippen LogP contribution in [0.4, 0.5) is 5.82 Å². The zero-order valence-corrected chi connectivity index (χ0v) is 11.9. The second kappa shape index (κ2) is 5.03. The van der Waals surface area contributed by atoms with Crippen LogP contribution in [0, 0.1) is 6.92 Å². The van der Waals surface area contributed by atoms with E-state index >= 15 is 0 Å². The number of anilines is 1. The fourth-order valence-electron chi connectivity index (χ4n) is 1.33. The first-order valence-corrected chi connectivity index (χ1v) is 7.31. The molecule has 0 saturated heterocycles. The second-order valence-electron chi connectivity index (χ2n) is 3.66. The molecule has 0 spiro atoms. The maximum Gasteiger partial charge on any atom is 0.264 e. The molecule has 0 unspecified atom stereocenters. The van der Waals surface area contributed by atoms with Crippen LogP contribution < -0.4 is 4.72 Å². The third-order valence-corrected chi connectivity index (χ3v) is 3.90. The van der Waals surface area contributed by atoms with Gasteiger partial charge >= 0.3 is 0 Å². The van der Waals surface area contributed by atoms with Crippen LogP contribution in [0.25, 0.3) is 0 Å². The smallest absolute Gasteiger partial charge is 0.263 e. The Kier molecular flexibility index (Phi) is 3.63. The van der Waals surface area contributed by atoms with Crippen molar-refractivity contribution < 1.29 is 8.42 Å². The summed E-state index contributed by atoms with van der Waals surface area (Å²) in [4.78, 5) is 7.86. The number of rotatable bonds is 3. The quantitative estimate of drug-likeness (QED) is 0.939. The highest BCUT2D eigenvalue weighted by Crippen LogP contribution is 2.17. The van der Waals surface area contributed by atoms with Gasteiger partial charge in [-0.05, 0) is 46.6 Å². The largest absolute Gasteiger partial charge is 0.264 e. The molecule has 0 amide bonds. The van der Waals surface area contributed by atoms with Gasteiger partial charge in [0.15, 0.2) is 0 Å². The lowest BCUT2D eigenvalue weighted by Crippen LogP contribution is -2.14. The van der Waals surface area contributed by atoms with E-state index in [-0.39, 0.29) is 10.7 Å². The zero-order valence-electron chi connectivity index (χ0n) is 9.46. The Bertz CT molecular complexity index is 673. The highest BCUT2D eigenvalue weighted by molar-refractivity contribution is 9.10. The van der Waals surface area contributed by atoms with Gasteiger partial charge in [0.25, 0.3) is 10.0 Å². The van der Waals surface area contributed by atoms with Gasteiger partial charge in [-0.2, -0.15) is 0 Å². The molecule has 0 saturated carbocycles. The van der Waals surface area contributed by atoms with Crippen LogP contribution in [0.5, 0.6) is 0 Å². The summed E-state index contributed by atoms with van der Waals surface area (Å²) in [6, 6.07) is 4.92. The Hall–Kier alpha value is -1.47. The van der Waals surface area contributed by atoms with E-state index in [1.807, 2.05) is 6.92 Å². The van der Waals surface area contributed by atoms with Crippen LogP contribution >= 0.6 is 15.9 Å². The van der Waals surface area contributed by atoms with Gasteiger partial charge in [0.2, 0.25) is 0 Å². The van der Waals surface area contributed by atoms with Crippen molar-refractivity contribution in [1.82, 2.24) is 9.97 Å². The van der Waals surface area contributed by atoms with E-state index in [1.54, 1.807) is 18.3 Å². The number of pyridine rings is 2. The van der Waals surface area contributed by atoms with Crippen molar-refractivity contribution in [3.05, 3.63) is 46.8 Å². The standard InChI is InChI=1S/C11H10BrN3O2S/c1-8-2-3-14-11(4-8)15-18(16,17)10-5-9(12)6-13-7-10/h2-7H,1H3,(H,14,15). The van der Waals surface area contributed by atoms with E-state index in [4.69, 9.17) is 0 Å². The minimum Gasteiger partial charge on any atom is -0.263 e. The summed E-state index contributed by atoms with van der Waals surface area (Å²) >= 11 is 3.18. The number of nitrogens with zero attached hydrogens (tertiary/aromatic N) is 2. The maximum absolute atomic E-state index is 12.1. The fourth-order valence-corrected chi connectivity index (χ4v) is 2.83. The van der Waals surface area contributed by atoms with Gasteiger partial charge in [-0.3, -0.25) is 9.71 Å². The molecule has 94 valence electrons. The maximum atomic E-state index is 12.1. The first-order chi connectivity index (χ1) is 8.47. The minimum atomic E-state index is -3.66. The summed E-state index contributed by atoms with van der Waals surface area (Å²) in [5, 5.41) is 0. The predicted octanol–water partition coefficient (Wildman–Crippen LogP) is 2.35. The molecule has 2 aromatic heterocycles. The van der Waals surface area contributed by atoms with Crippen molar-refractivity contribution >= 4 is 31.8 Å². The van der Waals surface area contributed by atoms with Crippen LogP contribution in [0.15, 0.2) is 46.2 Å². The second-order valence-corrected chi connectivity index (χ2v) is 6.26. The lowest BCUT2D eigenvalue weighted by molar-refractivity contribution is 0.600. The Labute approximate surface area is 113 Å². The lowest BCUT2D eigenvalue weighted by atomic mass is 10.3.